The lowest BCUT2D eigenvalue weighted by molar-refractivity contribution is 0.163. The maximum atomic E-state index is 5.74. The van der Waals surface area contributed by atoms with Crippen LogP contribution < -0.4 is 10.1 Å². The van der Waals surface area contributed by atoms with Gasteiger partial charge < -0.3 is 15.0 Å². The van der Waals surface area contributed by atoms with Gasteiger partial charge in [-0.25, -0.2) is 0 Å². The van der Waals surface area contributed by atoms with Crippen molar-refractivity contribution >= 4 is 0 Å². The Hall–Kier alpha value is -1.06. The van der Waals surface area contributed by atoms with Crippen molar-refractivity contribution in [2.24, 2.45) is 0 Å². The van der Waals surface area contributed by atoms with Crippen molar-refractivity contribution in [1.29, 1.82) is 0 Å². The van der Waals surface area contributed by atoms with Gasteiger partial charge in [-0.2, -0.15) is 0 Å². The topological polar surface area (TPSA) is 24.5 Å². The SMILES string of the molecule is CCOc1ccccc1C(C)NC1CCN(C)C(C)C1. The van der Waals surface area contributed by atoms with Crippen LogP contribution in [0.5, 0.6) is 5.75 Å². The number of nitrogens with one attached hydrogen (secondary N) is 1. The number of para-hydroxylation sites is 1. The molecule has 3 nitrogen and oxygen atoms in total. The van der Waals surface area contributed by atoms with E-state index in [2.05, 4.69) is 49.3 Å². The highest BCUT2D eigenvalue weighted by molar-refractivity contribution is 5.35. The van der Waals surface area contributed by atoms with Crippen LogP contribution in [0.3, 0.4) is 0 Å². The minimum atomic E-state index is 0.332. The third-order valence-electron chi connectivity index (χ3n) is 4.38. The average molecular weight is 276 g/mol. The standard InChI is InChI=1S/C17H28N2O/c1-5-20-17-9-7-6-8-16(17)14(3)18-15-10-11-19(4)13(2)12-15/h6-9,13-15,18H,5,10-12H2,1-4H3. The minimum absolute atomic E-state index is 0.332. The Labute approximate surface area is 123 Å². The monoisotopic (exact) mass is 276 g/mol. The molecular formula is C17H28N2O. The number of benzene rings is 1. The van der Waals surface area contributed by atoms with Gasteiger partial charge in [-0.1, -0.05) is 18.2 Å². The number of hydrogen-bond donors (Lipinski definition) is 1. The second kappa shape index (κ2) is 7.09. The first kappa shape index (κ1) is 15.3. The van der Waals surface area contributed by atoms with Gasteiger partial charge in [0.2, 0.25) is 0 Å². The largest absolute Gasteiger partial charge is 0.494 e. The van der Waals surface area contributed by atoms with Gasteiger partial charge in [-0.3, -0.25) is 0 Å². The maximum absolute atomic E-state index is 5.74. The predicted octanol–water partition coefficient (Wildman–Crippen LogP) is 3.22. The molecule has 1 N–H and O–H groups in total. The Morgan fingerprint density at radius 3 is 2.85 bits per heavy atom. The molecule has 0 spiro atoms. The molecule has 1 fully saturated rings. The van der Waals surface area contributed by atoms with Crippen LogP contribution in [0.25, 0.3) is 0 Å². The van der Waals surface area contributed by atoms with Crippen LogP contribution in [-0.2, 0) is 0 Å². The Balaban J connectivity index is 1.99. The van der Waals surface area contributed by atoms with Crippen molar-refractivity contribution < 1.29 is 4.74 Å². The van der Waals surface area contributed by atoms with E-state index in [1.54, 1.807) is 0 Å². The van der Waals surface area contributed by atoms with E-state index < -0.39 is 0 Å². The smallest absolute Gasteiger partial charge is 0.124 e. The van der Waals surface area contributed by atoms with Crippen LogP contribution in [0.15, 0.2) is 24.3 Å². The lowest BCUT2D eigenvalue weighted by Gasteiger charge is -2.37. The van der Waals surface area contributed by atoms with E-state index in [1.807, 2.05) is 13.0 Å². The van der Waals surface area contributed by atoms with E-state index in [4.69, 9.17) is 4.74 Å². The van der Waals surface area contributed by atoms with Crippen LogP contribution >= 0.6 is 0 Å². The second-order valence-electron chi connectivity index (χ2n) is 5.91. The Morgan fingerprint density at radius 1 is 1.40 bits per heavy atom. The lowest BCUT2D eigenvalue weighted by atomic mass is 9.97. The van der Waals surface area contributed by atoms with Gasteiger partial charge in [-0.15, -0.1) is 0 Å². The molecule has 1 aromatic carbocycles. The summed E-state index contributed by atoms with van der Waals surface area (Å²) in [6.45, 7) is 8.48. The fourth-order valence-electron chi connectivity index (χ4n) is 3.01. The summed E-state index contributed by atoms with van der Waals surface area (Å²) in [6, 6.07) is 9.96. The fourth-order valence-corrected chi connectivity index (χ4v) is 3.01. The van der Waals surface area contributed by atoms with Crippen LogP contribution in [0.4, 0.5) is 0 Å². The van der Waals surface area contributed by atoms with Gasteiger partial charge in [0.15, 0.2) is 0 Å². The molecule has 1 saturated heterocycles. The van der Waals surface area contributed by atoms with Crippen LogP contribution in [0.2, 0.25) is 0 Å². The molecular weight excluding hydrogens is 248 g/mol. The summed E-state index contributed by atoms with van der Waals surface area (Å²) in [5.41, 5.74) is 1.26. The molecule has 0 aliphatic carbocycles. The zero-order valence-corrected chi connectivity index (χ0v) is 13.2. The highest BCUT2D eigenvalue weighted by atomic mass is 16.5. The summed E-state index contributed by atoms with van der Waals surface area (Å²) in [5.74, 6) is 1.01. The molecule has 0 bridgehead atoms. The number of likely N-dealkylation sites (tertiary alicyclic amines) is 1. The third kappa shape index (κ3) is 3.74. The van der Waals surface area contributed by atoms with Crippen molar-refractivity contribution in [3.63, 3.8) is 0 Å². The Morgan fingerprint density at radius 2 is 2.15 bits per heavy atom. The molecule has 3 heteroatoms. The van der Waals surface area contributed by atoms with Gasteiger partial charge >= 0.3 is 0 Å². The molecule has 2 rings (SSSR count). The number of piperidine rings is 1. The van der Waals surface area contributed by atoms with E-state index >= 15 is 0 Å². The molecule has 3 unspecified atom stereocenters. The number of hydrogen-bond acceptors (Lipinski definition) is 3. The Kier molecular flexibility index (Phi) is 5.44. The molecule has 0 saturated carbocycles. The summed E-state index contributed by atoms with van der Waals surface area (Å²) >= 11 is 0. The zero-order valence-electron chi connectivity index (χ0n) is 13.2. The van der Waals surface area contributed by atoms with Crippen molar-refractivity contribution in [2.45, 2.75) is 51.7 Å². The van der Waals surface area contributed by atoms with Gasteiger partial charge in [0.05, 0.1) is 6.61 Å². The van der Waals surface area contributed by atoms with Crippen LogP contribution in [-0.4, -0.2) is 37.2 Å². The van der Waals surface area contributed by atoms with Gasteiger partial charge in [0.1, 0.15) is 5.75 Å². The van der Waals surface area contributed by atoms with Crippen molar-refractivity contribution in [3.05, 3.63) is 29.8 Å². The minimum Gasteiger partial charge on any atom is -0.494 e. The molecule has 0 amide bonds. The normalized spacial score (nSPS) is 25.4. The highest BCUT2D eigenvalue weighted by Gasteiger charge is 2.24. The molecule has 20 heavy (non-hydrogen) atoms. The highest BCUT2D eigenvalue weighted by Crippen LogP contribution is 2.26. The molecule has 3 atom stereocenters. The average Bonchev–Trinajstić information content (AvgIpc) is 2.44. The summed E-state index contributed by atoms with van der Waals surface area (Å²) in [6.07, 6.45) is 2.44. The first-order valence-electron chi connectivity index (χ1n) is 7.79. The summed E-state index contributed by atoms with van der Waals surface area (Å²) in [4.78, 5) is 2.44. The molecule has 1 aliphatic heterocycles. The van der Waals surface area contributed by atoms with Gasteiger partial charge in [-0.05, 0) is 53.3 Å². The summed E-state index contributed by atoms with van der Waals surface area (Å²) in [7, 11) is 2.22. The van der Waals surface area contributed by atoms with Crippen LogP contribution in [0.1, 0.15) is 45.2 Å². The fraction of sp³-hybridized carbons (Fsp3) is 0.647. The number of nitrogens with zero attached hydrogens (tertiary/aromatic N) is 1. The van der Waals surface area contributed by atoms with E-state index in [0.717, 1.165) is 12.4 Å². The first-order chi connectivity index (χ1) is 9.61. The number of ether oxygens (including phenoxy) is 1. The molecule has 1 aliphatic rings. The number of rotatable bonds is 5. The van der Waals surface area contributed by atoms with Crippen molar-refractivity contribution in [1.82, 2.24) is 10.2 Å². The first-order valence-corrected chi connectivity index (χ1v) is 7.79. The van der Waals surface area contributed by atoms with E-state index in [1.165, 1.54) is 24.9 Å². The molecule has 0 radical (unpaired) electrons. The predicted molar refractivity (Wildman–Crippen MR) is 84.3 cm³/mol. The van der Waals surface area contributed by atoms with Crippen molar-refractivity contribution in [3.8, 4) is 5.75 Å². The zero-order chi connectivity index (χ0) is 14.5. The second-order valence-corrected chi connectivity index (χ2v) is 5.91. The maximum Gasteiger partial charge on any atom is 0.124 e. The molecule has 1 aromatic rings. The molecule has 0 aromatic heterocycles. The van der Waals surface area contributed by atoms with E-state index in [0.29, 0.717) is 18.1 Å². The third-order valence-corrected chi connectivity index (χ3v) is 4.38. The Bertz CT molecular complexity index is 421. The summed E-state index contributed by atoms with van der Waals surface area (Å²) < 4.78 is 5.74. The van der Waals surface area contributed by atoms with Crippen LogP contribution in [0, 0.1) is 0 Å². The molecule has 112 valence electrons. The molecule has 1 heterocycles. The lowest BCUT2D eigenvalue weighted by Crippen LogP contribution is -2.46. The van der Waals surface area contributed by atoms with E-state index in [9.17, 15) is 0 Å². The van der Waals surface area contributed by atoms with E-state index in [-0.39, 0.29) is 0 Å². The quantitative estimate of drug-likeness (QED) is 0.893. The van der Waals surface area contributed by atoms with Gasteiger partial charge in [0, 0.05) is 23.7 Å². The van der Waals surface area contributed by atoms with Gasteiger partial charge in [0.25, 0.3) is 0 Å². The van der Waals surface area contributed by atoms with Crippen molar-refractivity contribution in [2.75, 3.05) is 20.2 Å². The summed E-state index contributed by atoms with van der Waals surface area (Å²) in [5, 5.41) is 3.78.